The maximum absolute atomic E-state index is 12.7. The molecule has 24 heavy (non-hydrogen) atoms. The van der Waals surface area contributed by atoms with E-state index in [0.717, 1.165) is 24.0 Å². The maximum Gasteiger partial charge on any atom is 0.252 e. The topological polar surface area (TPSA) is 69.6 Å². The molecule has 3 N–H and O–H groups in total. The van der Waals surface area contributed by atoms with Gasteiger partial charge in [-0.1, -0.05) is 51.5 Å². The quantitative estimate of drug-likeness (QED) is 0.749. The molecule has 0 aliphatic heterocycles. The van der Waals surface area contributed by atoms with Crippen molar-refractivity contribution in [3.8, 4) is 0 Å². The second-order valence-electron chi connectivity index (χ2n) is 7.59. The van der Waals surface area contributed by atoms with Crippen LogP contribution in [0.3, 0.4) is 0 Å². The fourth-order valence-electron chi connectivity index (χ4n) is 4.05. The zero-order valence-electron chi connectivity index (χ0n) is 15.1. The van der Waals surface area contributed by atoms with E-state index >= 15 is 0 Å². The third-order valence-corrected chi connectivity index (χ3v) is 5.41. The van der Waals surface area contributed by atoms with Gasteiger partial charge in [-0.25, -0.2) is 0 Å². The smallest absolute Gasteiger partial charge is 0.252 e. The zero-order chi connectivity index (χ0) is 17.7. The highest BCUT2D eigenvalue weighted by Gasteiger charge is 2.48. The first-order valence-electron chi connectivity index (χ1n) is 9.06. The van der Waals surface area contributed by atoms with Crippen molar-refractivity contribution >= 4 is 5.91 Å². The Morgan fingerprint density at radius 1 is 1.29 bits per heavy atom. The first kappa shape index (κ1) is 18.9. The number of nitrogens with one attached hydrogen (secondary N) is 1. The monoisotopic (exact) mass is 333 g/mol. The summed E-state index contributed by atoms with van der Waals surface area (Å²) in [5.41, 5.74) is 0.656. The van der Waals surface area contributed by atoms with Crippen LogP contribution in [0.2, 0.25) is 0 Å². The Kier molecular flexibility index (Phi) is 6.41. The number of benzene rings is 1. The second kappa shape index (κ2) is 8.13. The molecule has 4 nitrogen and oxygen atoms in total. The van der Waals surface area contributed by atoms with E-state index in [4.69, 9.17) is 0 Å². The molecule has 1 amide bonds. The maximum atomic E-state index is 12.7. The van der Waals surface area contributed by atoms with Crippen LogP contribution in [0.25, 0.3) is 0 Å². The van der Waals surface area contributed by atoms with Crippen molar-refractivity contribution < 1.29 is 15.0 Å². The Labute approximate surface area is 145 Å². The van der Waals surface area contributed by atoms with Crippen molar-refractivity contribution in [2.45, 2.75) is 58.7 Å². The van der Waals surface area contributed by atoms with E-state index in [1.54, 1.807) is 0 Å². The summed E-state index contributed by atoms with van der Waals surface area (Å²) in [6.45, 7) is 6.73. The highest BCUT2D eigenvalue weighted by atomic mass is 16.3. The van der Waals surface area contributed by atoms with Gasteiger partial charge in [0.25, 0.3) is 5.91 Å². The average Bonchev–Trinajstić information content (AvgIpc) is 2.54. The SMILES string of the molecule is CC1CCC(C(C)C)C(O)(C(=O)NCCc2ccccc2CO)C1. The molecule has 0 saturated heterocycles. The van der Waals surface area contributed by atoms with Crippen molar-refractivity contribution in [3.63, 3.8) is 0 Å². The summed E-state index contributed by atoms with van der Waals surface area (Å²) in [4.78, 5) is 12.7. The summed E-state index contributed by atoms with van der Waals surface area (Å²) in [7, 11) is 0. The first-order chi connectivity index (χ1) is 11.4. The summed E-state index contributed by atoms with van der Waals surface area (Å²) in [5.74, 6) is 0.418. The van der Waals surface area contributed by atoms with E-state index in [1.165, 1.54) is 0 Å². The number of hydrogen-bond donors (Lipinski definition) is 3. The molecule has 1 aromatic carbocycles. The number of carbonyl (C=O) groups excluding carboxylic acids is 1. The molecule has 0 aromatic heterocycles. The number of aliphatic hydroxyl groups is 2. The zero-order valence-corrected chi connectivity index (χ0v) is 15.1. The molecule has 0 spiro atoms. The van der Waals surface area contributed by atoms with Crippen LogP contribution in [0, 0.1) is 17.8 Å². The third kappa shape index (κ3) is 4.17. The van der Waals surface area contributed by atoms with Gasteiger partial charge in [0.2, 0.25) is 0 Å². The lowest BCUT2D eigenvalue weighted by molar-refractivity contribution is -0.155. The summed E-state index contributed by atoms with van der Waals surface area (Å²) < 4.78 is 0. The third-order valence-electron chi connectivity index (χ3n) is 5.41. The van der Waals surface area contributed by atoms with Gasteiger partial charge in [-0.2, -0.15) is 0 Å². The molecular formula is C20H31NO3. The predicted octanol–water partition coefficient (Wildman–Crippen LogP) is 2.66. The number of rotatable bonds is 6. The van der Waals surface area contributed by atoms with Crippen molar-refractivity contribution in [2.75, 3.05) is 6.54 Å². The lowest BCUT2D eigenvalue weighted by atomic mass is 9.66. The van der Waals surface area contributed by atoms with Crippen molar-refractivity contribution in [2.24, 2.45) is 17.8 Å². The van der Waals surface area contributed by atoms with Gasteiger partial charge < -0.3 is 15.5 Å². The molecule has 4 heteroatoms. The van der Waals surface area contributed by atoms with Crippen LogP contribution in [0.1, 0.15) is 51.2 Å². The van der Waals surface area contributed by atoms with Gasteiger partial charge in [-0.15, -0.1) is 0 Å². The van der Waals surface area contributed by atoms with Gasteiger partial charge in [0.15, 0.2) is 0 Å². The van der Waals surface area contributed by atoms with Crippen LogP contribution < -0.4 is 5.32 Å². The van der Waals surface area contributed by atoms with Crippen LogP contribution in [0.5, 0.6) is 0 Å². The Balaban J connectivity index is 1.99. The van der Waals surface area contributed by atoms with Crippen LogP contribution in [-0.2, 0) is 17.8 Å². The van der Waals surface area contributed by atoms with E-state index in [-0.39, 0.29) is 24.3 Å². The fourth-order valence-corrected chi connectivity index (χ4v) is 4.05. The number of hydrogen-bond acceptors (Lipinski definition) is 3. The van der Waals surface area contributed by atoms with Gasteiger partial charge in [0.1, 0.15) is 5.60 Å². The Morgan fingerprint density at radius 2 is 1.96 bits per heavy atom. The second-order valence-corrected chi connectivity index (χ2v) is 7.59. The fraction of sp³-hybridized carbons (Fsp3) is 0.650. The molecule has 1 aromatic rings. The first-order valence-corrected chi connectivity index (χ1v) is 9.06. The van der Waals surface area contributed by atoms with Gasteiger partial charge in [-0.05, 0) is 48.1 Å². The van der Waals surface area contributed by atoms with Crippen molar-refractivity contribution in [1.82, 2.24) is 5.32 Å². The van der Waals surface area contributed by atoms with Gasteiger partial charge >= 0.3 is 0 Å². The van der Waals surface area contributed by atoms with Crippen LogP contribution >= 0.6 is 0 Å². The molecule has 0 heterocycles. The van der Waals surface area contributed by atoms with Crippen molar-refractivity contribution in [1.29, 1.82) is 0 Å². The molecule has 3 atom stereocenters. The summed E-state index contributed by atoms with van der Waals surface area (Å²) >= 11 is 0. The van der Waals surface area contributed by atoms with Crippen LogP contribution in [-0.4, -0.2) is 28.3 Å². The molecular weight excluding hydrogens is 302 g/mol. The number of amides is 1. The van der Waals surface area contributed by atoms with Gasteiger partial charge in [0, 0.05) is 6.54 Å². The van der Waals surface area contributed by atoms with E-state index < -0.39 is 5.60 Å². The average molecular weight is 333 g/mol. The molecule has 3 unspecified atom stereocenters. The van der Waals surface area contributed by atoms with Gasteiger partial charge in [0.05, 0.1) is 6.61 Å². The Hall–Kier alpha value is -1.39. The minimum absolute atomic E-state index is 0.000988. The summed E-state index contributed by atoms with van der Waals surface area (Å²) in [6.07, 6.45) is 3.16. The number of aliphatic hydroxyl groups excluding tert-OH is 1. The molecule has 1 fully saturated rings. The molecule has 0 radical (unpaired) electrons. The summed E-state index contributed by atoms with van der Waals surface area (Å²) in [5, 5.41) is 23.4. The van der Waals surface area contributed by atoms with Gasteiger partial charge in [-0.3, -0.25) is 4.79 Å². The van der Waals surface area contributed by atoms with E-state index in [0.29, 0.717) is 25.3 Å². The molecule has 134 valence electrons. The molecule has 2 rings (SSSR count). The Bertz CT molecular complexity index is 558. The predicted molar refractivity (Wildman–Crippen MR) is 95.4 cm³/mol. The van der Waals surface area contributed by atoms with E-state index in [1.807, 2.05) is 24.3 Å². The van der Waals surface area contributed by atoms with Crippen molar-refractivity contribution in [3.05, 3.63) is 35.4 Å². The number of carbonyl (C=O) groups is 1. The lowest BCUT2D eigenvalue weighted by Crippen LogP contribution is -2.56. The Morgan fingerprint density at radius 3 is 2.58 bits per heavy atom. The molecule has 1 saturated carbocycles. The minimum Gasteiger partial charge on any atom is -0.392 e. The van der Waals surface area contributed by atoms with Crippen LogP contribution in [0.4, 0.5) is 0 Å². The van der Waals surface area contributed by atoms with Crippen LogP contribution in [0.15, 0.2) is 24.3 Å². The molecule has 1 aliphatic carbocycles. The highest BCUT2D eigenvalue weighted by Crippen LogP contribution is 2.41. The normalized spacial score (nSPS) is 27.2. The standard InChI is InChI=1S/C20H31NO3/c1-14(2)18-9-8-15(3)12-20(18,24)19(23)21-11-10-16-6-4-5-7-17(16)13-22/h4-7,14-15,18,22,24H,8-13H2,1-3H3,(H,21,23). The highest BCUT2D eigenvalue weighted by molar-refractivity contribution is 5.85. The lowest BCUT2D eigenvalue weighted by Gasteiger charge is -2.43. The largest absolute Gasteiger partial charge is 0.392 e. The minimum atomic E-state index is -1.26. The van der Waals surface area contributed by atoms with E-state index in [9.17, 15) is 15.0 Å². The molecule has 0 bridgehead atoms. The van der Waals surface area contributed by atoms with E-state index in [2.05, 4.69) is 26.1 Å². The molecule has 1 aliphatic rings. The summed E-state index contributed by atoms with van der Waals surface area (Å²) in [6, 6.07) is 7.68.